The van der Waals surface area contributed by atoms with Gasteiger partial charge >= 0.3 is 0 Å². The maximum Gasteiger partial charge on any atom is 0.122 e. The van der Waals surface area contributed by atoms with E-state index in [0.29, 0.717) is 5.92 Å². The lowest BCUT2D eigenvalue weighted by molar-refractivity contribution is 0.191. The van der Waals surface area contributed by atoms with Gasteiger partial charge in [0.1, 0.15) is 11.6 Å². The molecule has 2 aromatic heterocycles. The molecule has 114 valence electrons. The summed E-state index contributed by atoms with van der Waals surface area (Å²) in [4.78, 5) is 15.2. The second-order valence-electron chi connectivity index (χ2n) is 6.17. The highest BCUT2D eigenvalue weighted by Crippen LogP contribution is 2.27. The Bertz CT molecular complexity index is 739. The number of aromatic amines is 1. The molecular weight excluding hydrogens is 274 g/mol. The number of nitrogens with one attached hydrogen (secondary N) is 1. The van der Waals surface area contributed by atoms with Crippen LogP contribution in [0.5, 0.6) is 0 Å². The second-order valence-corrected chi connectivity index (χ2v) is 6.17. The Balaban J connectivity index is 1.51. The molecule has 0 aliphatic carbocycles. The van der Waals surface area contributed by atoms with Gasteiger partial charge in [-0.3, -0.25) is 4.90 Å². The summed E-state index contributed by atoms with van der Waals surface area (Å²) in [5.74, 6) is 2.75. The summed E-state index contributed by atoms with van der Waals surface area (Å²) >= 11 is 0. The molecule has 1 N–H and O–H groups in total. The van der Waals surface area contributed by atoms with Crippen LogP contribution >= 0.6 is 0 Å². The first-order chi connectivity index (χ1) is 10.8. The first-order valence-electron chi connectivity index (χ1n) is 7.93. The van der Waals surface area contributed by atoms with Gasteiger partial charge in [-0.2, -0.15) is 0 Å². The maximum absolute atomic E-state index is 4.78. The minimum Gasteiger partial charge on any atom is -0.342 e. The summed E-state index contributed by atoms with van der Waals surface area (Å²) in [7, 11) is 2.06. The van der Waals surface area contributed by atoms with Crippen molar-refractivity contribution in [1.82, 2.24) is 24.4 Å². The topological polar surface area (TPSA) is 49.7 Å². The Morgan fingerprint density at radius 1 is 1.32 bits per heavy atom. The van der Waals surface area contributed by atoms with Gasteiger partial charge in [0, 0.05) is 31.9 Å². The van der Waals surface area contributed by atoms with Crippen LogP contribution in [0, 0.1) is 0 Å². The molecule has 1 aliphatic heterocycles. The van der Waals surface area contributed by atoms with Gasteiger partial charge in [0.15, 0.2) is 0 Å². The summed E-state index contributed by atoms with van der Waals surface area (Å²) in [5.41, 5.74) is 2.21. The van der Waals surface area contributed by atoms with Gasteiger partial charge in [0.2, 0.25) is 0 Å². The van der Waals surface area contributed by atoms with Gasteiger partial charge in [0.25, 0.3) is 0 Å². The third kappa shape index (κ3) is 2.52. The van der Waals surface area contributed by atoms with Crippen LogP contribution in [0.4, 0.5) is 0 Å². The molecule has 0 amide bonds. The highest BCUT2D eigenvalue weighted by molar-refractivity contribution is 5.74. The molecule has 0 spiro atoms. The SMILES string of the molecule is Cn1ccnc1CN1CCCC(c2nc3ccccc3[nH]2)C1. The van der Waals surface area contributed by atoms with Gasteiger partial charge in [-0.1, -0.05) is 12.1 Å². The van der Waals surface area contributed by atoms with Crippen molar-refractivity contribution in [3.63, 3.8) is 0 Å². The van der Waals surface area contributed by atoms with E-state index in [4.69, 9.17) is 4.98 Å². The van der Waals surface area contributed by atoms with Crippen LogP contribution in [0.2, 0.25) is 0 Å². The van der Waals surface area contributed by atoms with Gasteiger partial charge in [0.05, 0.1) is 17.6 Å². The summed E-state index contributed by atoms with van der Waals surface area (Å²) in [6, 6.07) is 8.27. The average Bonchev–Trinajstić information content (AvgIpc) is 3.14. The van der Waals surface area contributed by atoms with Gasteiger partial charge in [-0.25, -0.2) is 9.97 Å². The van der Waals surface area contributed by atoms with Gasteiger partial charge in [-0.15, -0.1) is 0 Å². The number of aromatic nitrogens is 4. The van der Waals surface area contributed by atoms with E-state index < -0.39 is 0 Å². The number of hydrogen-bond donors (Lipinski definition) is 1. The Hall–Kier alpha value is -2.14. The molecule has 0 radical (unpaired) electrons. The number of aryl methyl sites for hydroxylation is 1. The highest BCUT2D eigenvalue weighted by Gasteiger charge is 2.24. The summed E-state index contributed by atoms with van der Waals surface area (Å²) in [5, 5.41) is 0. The standard InChI is InChI=1S/C17H21N5/c1-21-10-8-18-16(21)12-22-9-4-5-13(11-22)17-19-14-6-2-3-7-15(14)20-17/h2-3,6-8,10,13H,4-5,9,11-12H2,1H3,(H,19,20). The number of rotatable bonds is 3. The van der Waals surface area contributed by atoms with Crippen molar-refractivity contribution in [1.29, 1.82) is 0 Å². The molecule has 1 aliphatic rings. The molecule has 3 heterocycles. The first-order valence-corrected chi connectivity index (χ1v) is 7.93. The van der Waals surface area contributed by atoms with E-state index >= 15 is 0 Å². The molecule has 1 fully saturated rings. The Morgan fingerprint density at radius 2 is 2.23 bits per heavy atom. The molecular formula is C17H21N5. The zero-order valence-corrected chi connectivity index (χ0v) is 12.9. The maximum atomic E-state index is 4.78. The first kappa shape index (κ1) is 13.5. The molecule has 22 heavy (non-hydrogen) atoms. The molecule has 5 heteroatoms. The number of nitrogens with zero attached hydrogens (tertiary/aromatic N) is 4. The third-order valence-electron chi connectivity index (χ3n) is 4.59. The number of piperidine rings is 1. The zero-order chi connectivity index (χ0) is 14.9. The van der Waals surface area contributed by atoms with E-state index in [2.05, 4.69) is 44.7 Å². The van der Waals surface area contributed by atoms with E-state index in [1.807, 2.05) is 18.5 Å². The van der Waals surface area contributed by atoms with Crippen LogP contribution in [0.15, 0.2) is 36.7 Å². The number of likely N-dealkylation sites (tertiary alicyclic amines) is 1. The normalized spacial score (nSPS) is 19.8. The second kappa shape index (κ2) is 5.57. The van der Waals surface area contributed by atoms with E-state index in [9.17, 15) is 0 Å². The number of benzene rings is 1. The fourth-order valence-corrected chi connectivity index (χ4v) is 3.34. The highest BCUT2D eigenvalue weighted by atomic mass is 15.2. The van der Waals surface area contributed by atoms with Crippen LogP contribution in [-0.2, 0) is 13.6 Å². The van der Waals surface area contributed by atoms with E-state index in [0.717, 1.165) is 42.3 Å². The summed E-state index contributed by atoms with van der Waals surface area (Å²) in [6.07, 6.45) is 6.30. The van der Waals surface area contributed by atoms with Gasteiger partial charge < -0.3 is 9.55 Å². The van der Waals surface area contributed by atoms with Crippen molar-refractivity contribution in [3.8, 4) is 0 Å². The molecule has 1 unspecified atom stereocenters. The molecule has 3 aromatic rings. The third-order valence-corrected chi connectivity index (χ3v) is 4.59. The lowest BCUT2D eigenvalue weighted by Crippen LogP contribution is -2.35. The van der Waals surface area contributed by atoms with Crippen molar-refractivity contribution in [2.45, 2.75) is 25.3 Å². The molecule has 1 atom stereocenters. The van der Waals surface area contributed by atoms with Crippen LogP contribution in [-0.4, -0.2) is 37.5 Å². The fraction of sp³-hybridized carbons (Fsp3) is 0.412. The Morgan fingerprint density at radius 3 is 3.05 bits per heavy atom. The fourth-order valence-electron chi connectivity index (χ4n) is 3.34. The largest absolute Gasteiger partial charge is 0.342 e. The average molecular weight is 295 g/mol. The smallest absolute Gasteiger partial charge is 0.122 e. The van der Waals surface area contributed by atoms with Gasteiger partial charge in [-0.05, 0) is 31.5 Å². The minimum atomic E-state index is 0.487. The predicted octanol–water partition coefficient (Wildman–Crippen LogP) is 2.68. The predicted molar refractivity (Wildman–Crippen MR) is 86.6 cm³/mol. The Kier molecular flexibility index (Phi) is 3.42. The van der Waals surface area contributed by atoms with Crippen molar-refractivity contribution in [3.05, 3.63) is 48.3 Å². The molecule has 0 bridgehead atoms. The molecule has 1 aromatic carbocycles. The van der Waals surface area contributed by atoms with Crippen LogP contribution < -0.4 is 0 Å². The molecule has 4 rings (SSSR count). The summed E-state index contributed by atoms with van der Waals surface area (Å²) < 4.78 is 2.10. The number of H-pyrrole nitrogens is 1. The number of imidazole rings is 2. The van der Waals surface area contributed by atoms with Crippen molar-refractivity contribution < 1.29 is 0 Å². The minimum absolute atomic E-state index is 0.487. The molecule has 5 nitrogen and oxygen atoms in total. The lowest BCUT2D eigenvalue weighted by Gasteiger charge is -2.31. The van der Waals surface area contributed by atoms with Crippen LogP contribution in [0.3, 0.4) is 0 Å². The van der Waals surface area contributed by atoms with E-state index in [1.165, 1.54) is 12.8 Å². The number of hydrogen-bond acceptors (Lipinski definition) is 3. The lowest BCUT2D eigenvalue weighted by atomic mass is 9.97. The quantitative estimate of drug-likeness (QED) is 0.808. The van der Waals surface area contributed by atoms with E-state index in [1.54, 1.807) is 0 Å². The number of fused-ring (bicyclic) bond motifs is 1. The van der Waals surface area contributed by atoms with Crippen molar-refractivity contribution in [2.75, 3.05) is 13.1 Å². The van der Waals surface area contributed by atoms with Crippen LogP contribution in [0.1, 0.15) is 30.4 Å². The monoisotopic (exact) mass is 295 g/mol. The zero-order valence-electron chi connectivity index (χ0n) is 12.9. The van der Waals surface area contributed by atoms with Crippen molar-refractivity contribution in [2.24, 2.45) is 7.05 Å². The molecule has 0 saturated carbocycles. The van der Waals surface area contributed by atoms with Crippen molar-refractivity contribution >= 4 is 11.0 Å². The summed E-state index contributed by atoms with van der Waals surface area (Å²) in [6.45, 7) is 3.11. The Labute approximate surface area is 130 Å². The van der Waals surface area contributed by atoms with Crippen LogP contribution in [0.25, 0.3) is 11.0 Å². The number of para-hydroxylation sites is 2. The van der Waals surface area contributed by atoms with E-state index in [-0.39, 0.29) is 0 Å². The molecule has 1 saturated heterocycles.